The van der Waals surface area contributed by atoms with Gasteiger partial charge in [0, 0.05) is 5.69 Å². The van der Waals surface area contributed by atoms with Gasteiger partial charge < -0.3 is 0 Å². The van der Waals surface area contributed by atoms with Gasteiger partial charge in [-0.15, -0.1) is 0 Å². The highest BCUT2D eigenvalue weighted by atomic mass is 79.9. The molecule has 0 aliphatic heterocycles. The fourth-order valence-electron chi connectivity index (χ4n) is 1.21. The maximum absolute atomic E-state index is 5.92. The van der Waals surface area contributed by atoms with Gasteiger partial charge in [-0.05, 0) is 47.4 Å². The van der Waals surface area contributed by atoms with E-state index in [0.29, 0.717) is 5.28 Å². The molecule has 0 saturated carbocycles. The first-order chi connectivity index (χ1) is 6.09. The molecule has 68 valence electrons. The maximum atomic E-state index is 5.92. The number of hydrogen-bond donors (Lipinski definition) is 0. The normalized spacial score (nSPS) is 11.1. The number of nitrogens with zero attached hydrogens (tertiary/aromatic N) is 3. The molecule has 5 heteroatoms. The Bertz CT molecular complexity index is 478. The van der Waals surface area contributed by atoms with E-state index in [9.17, 15) is 0 Å². The Morgan fingerprint density at radius 2 is 2.15 bits per heavy atom. The van der Waals surface area contributed by atoms with Crippen LogP contribution in [0.25, 0.3) is 5.52 Å². The first-order valence-electron chi connectivity index (χ1n) is 3.77. The lowest BCUT2D eigenvalue weighted by Gasteiger charge is -1.97. The largest absolute Gasteiger partial charge is 0.224 e. The second-order valence-corrected chi connectivity index (χ2v) is 3.99. The summed E-state index contributed by atoms with van der Waals surface area (Å²) >= 11 is 9.37. The van der Waals surface area contributed by atoms with Crippen LogP contribution in [0.15, 0.2) is 10.5 Å². The van der Waals surface area contributed by atoms with Crippen LogP contribution in [-0.2, 0) is 0 Å². The summed E-state index contributed by atoms with van der Waals surface area (Å²) in [5.41, 5.74) is 2.75. The summed E-state index contributed by atoms with van der Waals surface area (Å²) in [7, 11) is 0. The summed E-state index contributed by atoms with van der Waals surface area (Å²) in [6, 6.07) is 1.94. The number of aryl methyl sites for hydroxylation is 2. The van der Waals surface area contributed by atoms with E-state index in [-0.39, 0.29) is 0 Å². The Morgan fingerprint density at radius 1 is 1.46 bits per heavy atom. The van der Waals surface area contributed by atoms with E-state index in [2.05, 4.69) is 26.0 Å². The molecule has 0 spiro atoms. The van der Waals surface area contributed by atoms with Crippen LogP contribution in [0, 0.1) is 13.8 Å². The van der Waals surface area contributed by atoms with E-state index in [1.54, 1.807) is 4.52 Å². The molecule has 0 N–H and O–H groups in total. The topological polar surface area (TPSA) is 30.2 Å². The average molecular weight is 261 g/mol. The Hall–Kier alpha value is -0.610. The molecule has 2 aromatic heterocycles. The lowest BCUT2D eigenvalue weighted by molar-refractivity contribution is 0.892. The van der Waals surface area contributed by atoms with E-state index < -0.39 is 0 Å². The lowest BCUT2D eigenvalue weighted by Crippen LogP contribution is -1.94. The van der Waals surface area contributed by atoms with Crippen LogP contribution in [0.3, 0.4) is 0 Å². The van der Waals surface area contributed by atoms with Crippen LogP contribution in [-0.4, -0.2) is 14.6 Å². The molecular formula is C8H7BrClN3. The number of hydrogen-bond acceptors (Lipinski definition) is 2. The van der Waals surface area contributed by atoms with Gasteiger partial charge in [-0.25, -0.2) is 9.50 Å². The fraction of sp³-hybridized carbons (Fsp3) is 0.250. The fourth-order valence-corrected chi connectivity index (χ4v) is 1.84. The average Bonchev–Trinajstić information content (AvgIpc) is 2.32. The van der Waals surface area contributed by atoms with Gasteiger partial charge in [0.15, 0.2) is 0 Å². The SMILES string of the molecule is Cc1cc2c(Br)c(C)nn2c(Cl)n1. The third-order valence-electron chi connectivity index (χ3n) is 1.81. The van der Waals surface area contributed by atoms with Gasteiger partial charge in [-0.1, -0.05) is 0 Å². The van der Waals surface area contributed by atoms with Gasteiger partial charge in [-0.3, -0.25) is 0 Å². The molecular weight excluding hydrogens is 253 g/mol. The van der Waals surface area contributed by atoms with E-state index >= 15 is 0 Å². The summed E-state index contributed by atoms with van der Waals surface area (Å²) < 4.78 is 2.59. The summed E-state index contributed by atoms with van der Waals surface area (Å²) in [6.45, 7) is 3.82. The highest BCUT2D eigenvalue weighted by Crippen LogP contribution is 2.24. The zero-order valence-corrected chi connectivity index (χ0v) is 9.52. The van der Waals surface area contributed by atoms with Crippen molar-refractivity contribution in [2.45, 2.75) is 13.8 Å². The second-order valence-electron chi connectivity index (χ2n) is 2.86. The van der Waals surface area contributed by atoms with Crippen molar-refractivity contribution in [1.82, 2.24) is 14.6 Å². The van der Waals surface area contributed by atoms with E-state index in [1.807, 2.05) is 19.9 Å². The molecule has 2 rings (SSSR count). The minimum atomic E-state index is 0.392. The first kappa shape index (κ1) is 8.97. The molecule has 0 unspecified atom stereocenters. The number of halogens is 2. The van der Waals surface area contributed by atoms with Crippen LogP contribution >= 0.6 is 27.5 Å². The van der Waals surface area contributed by atoms with Crippen LogP contribution in [0.2, 0.25) is 5.28 Å². The van der Waals surface area contributed by atoms with E-state index in [0.717, 1.165) is 21.4 Å². The Balaban J connectivity index is 2.94. The van der Waals surface area contributed by atoms with Crippen molar-refractivity contribution >= 4 is 33.0 Å². The molecule has 0 radical (unpaired) electrons. The van der Waals surface area contributed by atoms with Crippen LogP contribution in [0.5, 0.6) is 0 Å². The highest BCUT2D eigenvalue weighted by Gasteiger charge is 2.09. The van der Waals surface area contributed by atoms with Gasteiger partial charge in [-0.2, -0.15) is 5.10 Å². The van der Waals surface area contributed by atoms with Crippen molar-refractivity contribution in [2.24, 2.45) is 0 Å². The van der Waals surface area contributed by atoms with E-state index in [1.165, 1.54) is 0 Å². The van der Waals surface area contributed by atoms with Crippen molar-refractivity contribution in [3.8, 4) is 0 Å². The quantitative estimate of drug-likeness (QED) is 0.682. The summed E-state index contributed by atoms with van der Waals surface area (Å²) in [4.78, 5) is 4.10. The zero-order chi connectivity index (χ0) is 9.59. The smallest absolute Gasteiger partial charge is 0.223 e. The lowest BCUT2D eigenvalue weighted by atomic mass is 10.3. The molecule has 0 aromatic carbocycles. The van der Waals surface area contributed by atoms with Crippen molar-refractivity contribution in [1.29, 1.82) is 0 Å². The number of rotatable bonds is 0. The minimum Gasteiger partial charge on any atom is -0.223 e. The molecule has 13 heavy (non-hydrogen) atoms. The minimum absolute atomic E-state index is 0.392. The highest BCUT2D eigenvalue weighted by molar-refractivity contribution is 9.10. The molecule has 0 atom stereocenters. The molecule has 0 fully saturated rings. The molecule has 0 aliphatic rings. The summed E-state index contributed by atoms with van der Waals surface area (Å²) in [6.07, 6.45) is 0. The van der Waals surface area contributed by atoms with Crippen LogP contribution < -0.4 is 0 Å². The standard InChI is InChI=1S/C8H7BrClN3/c1-4-3-6-7(9)5(2)12-13(6)8(10)11-4/h3H,1-2H3. The molecule has 2 heterocycles. The third-order valence-corrected chi connectivity index (χ3v) is 3.03. The monoisotopic (exact) mass is 259 g/mol. The third kappa shape index (κ3) is 1.34. The Kier molecular flexibility index (Phi) is 2.04. The first-order valence-corrected chi connectivity index (χ1v) is 4.94. The number of aromatic nitrogens is 3. The van der Waals surface area contributed by atoms with Crippen molar-refractivity contribution in [3.05, 3.63) is 27.2 Å². The predicted octanol–water partition coefficient (Wildman–Crippen LogP) is 2.76. The molecule has 0 amide bonds. The second kappa shape index (κ2) is 2.96. The van der Waals surface area contributed by atoms with E-state index in [4.69, 9.17) is 11.6 Å². The van der Waals surface area contributed by atoms with Gasteiger partial charge in [0.2, 0.25) is 5.28 Å². The van der Waals surface area contributed by atoms with Gasteiger partial charge in [0.25, 0.3) is 0 Å². The van der Waals surface area contributed by atoms with Gasteiger partial charge in [0.1, 0.15) is 0 Å². The summed E-state index contributed by atoms with van der Waals surface area (Å²) in [5, 5.41) is 4.62. The molecule has 0 bridgehead atoms. The Morgan fingerprint density at radius 3 is 2.85 bits per heavy atom. The van der Waals surface area contributed by atoms with Crippen LogP contribution in [0.4, 0.5) is 0 Å². The van der Waals surface area contributed by atoms with Gasteiger partial charge in [0.05, 0.1) is 15.7 Å². The maximum Gasteiger partial charge on any atom is 0.224 e. The molecule has 0 saturated heterocycles. The van der Waals surface area contributed by atoms with Crippen molar-refractivity contribution in [3.63, 3.8) is 0 Å². The van der Waals surface area contributed by atoms with Crippen molar-refractivity contribution < 1.29 is 0 Å². The van der Waals surface area contributed by atoms with Gasteiger partial charge >= 0.3 is 0 Å². The summed E-state index contributed by atoms with van der Waals surface area (Å²) in [5.74, 6) is 0. The van der Waals surface area contributed by atoms with Crippen LogP contribution in [0.1, 0.15) is 11.4 Å². The molecule has 2 aromatic rings. The molecule has 0 aliphatic carbocycles. The predicted molar refractivity (Wildman–Crippen MR) is 55.2 cm³/mol. The number of fused-ring (bicyclic) bond motifs is 1. The zero-order valence-electron chi connectivity index (χ0n) is 7.17. The molecule has 3 nitrogen and oxygen atoms in total. The van der Waals surface area contributed by atoms with Crippen molar-refractivity contribution in [2.75, 3.05) is 0 Å². The Labute approximate surface area is 88.9 Å².